The predicted molar refractivity (Wildman–Crippen MR) is 278 cm³/mol. The van der Waals surface area contributed by atoms with Crippen LogP contribution in [0.1, 0.15) is 52.8 Å². The quantitative estimate of drug-likeness (QED) is 0.151. The van der Waals surface area contributed by atoms with Gasteiger partial charge in [-0.15, -0.1) is 0 Å². The van der Waals surface area contributed by atoms with Gasteiger partial charge in [0.05, 0.1) is 24.7 Å². The third-order valence-corrected chi connectivity index (χ3v) is 17.3. The summed E-state index contributed by atoms with van der Waals surface area (Å²) in [5.41, 5.74) is 17.7. The van der Waals surface area contributed by atoms with Crippen LogP contribution < -0.4 is 15.3 Å². The summed E-state index contributed by atoms with van der Waals surface area (Å²) in [7, 11) is 1.48. The molecule has 0 spiro atoms. The number of hydrogen-bond donors (Lipinski definition) is 0. The van der Waals surface area contributed by atoms with Crippen molar-refractivity contribution in [1.82, 2.24) is 0 Å². The summed E-state index contributed by atoms with van der Waals surface area (Å²) in [4.78, 5) is 2.54. The molecule has 0 fully saturated rings. The molecule has 10 aromatic rings. The van der Waals surface area contributed by atoms with Crippen LogP contribution in [0.2, 0.25) is 13.1 Å². The Bertz CT molecular complexity index is 3440. The lowest BCUT2D eigenvalue weighted by Gasteiger charge is -2.46. The molecule has 10 aromatic carbocycles. The van der Waals surface area contributed by atoms with Crippen LogP contribution in [0.5, 0.6) is 0 Å². The van der Waals surface area contributed by atoms with Crippen LogP contribution >= 0.6 is 0 Å². The molecule has 0 N–H and O–H groups in total. The largest absolute Gasteiger partial charge is 0.310 e. The molecule has 2 aliphatic rings. The van der Waals surface area contributed by atoms with E-state index >= 15 is 0 Å². The molecular formula is C61H49NSi2. The van der Waals surface area contributed by atoms with E-state index in [4.69, 9.17) is 0 Å². The highest BCUT2D eigenvalue weighted by Gasteiger charge is 2.59. The van der Waals surface area contributed by atoms with Gasteiger partial charge in [-0.25, -0.2) is 0 Å². The first-order valence-corrected chi connectivity index (χ1v) is 25.7. The first kappa shape index (κ1) is 39.1. The van der Waals surface area contributed by atoms with Crippen LogP contribution in [0.4, 0.5) is 17.1 Å². The molecule has 2 aliphatic carbocycles. The minimum atomic E-state index is -0.513. The molecular weight excluding hydrogens is 803 g/mol. The van der Waals surface area contributed by atoms with Gasteiger partial charge in [0.25, 0.3) is 0 Å². The molecule has 64 heavy (non-hydrogen) atoms. The number of hydrogen-bond acceptors (Lipinski definition) is 1. The highest BCUT2D eigenvalue weighted by atomic mass is 28.2. The molecule has 0 saturated heterocycles. The van der Waals surface area contributed by atoms with E-state index in [0.717, 1.165) is 19.0 Å². The standard InChI is InChI=1S/C61H49NSi2/c1-36-32-51-56(47-20-12-8-16-43(36)47)57-48-21-13-9-17-44(48)37(2)33-52(57)60(51,4)61(5)53-34-38(3)45-18-10-14-22-49(45)58(53)59-50-23-15-11-19-46(50)55(35-54(59)61)62(39-24-28-41(63-6)29-25-39)40-26-30-42(64-7)31-27-40/h8-35H,1-7H3. The second kappa shape index (κ2) is 14.2. The van der Waals surface area contributed by atoms with Crippen molar-refractivity contribution in [3.8, 4) is 22.3 Å². The van der Waals surface area contributed by atoms with Gasteiger partial charge in [-0.1, -0.05) is 177 Å². The first-order valence-electron chi connectivity index (χ1n) is 22.7. The molecule has 3 heteroatoms. The third kappa shape index (κ3) is 5.17. The lowest BCUT2D eigenvalue weighted by atomic mass is 9.56. The van der Waals surface area contributed by atoms with Crippen molar-refractivity contribution in [3.63, 3.8) is 0 Å². The zero-order valence-electron chi connectivity index (χ0n) is 37.6. The average Bonchev–Trinajstić information content (AvgIpc) is 3.75. The number of aryl methyl sites for hydroxylation is 3. The van der Waals surface area contributed by atoms with Crippen LogP contribution in [0, 0.1) is 20.8 Å². The van der Waals surface area contributed by atoms with Gasteiger partial charge in [-0.2, -0.15) is 0 Å². The molecule has 0 bridgehead atoms. The summed E-state index contributed by atoms with van der Waals surface area (Å²) in [6.07, 6.45) is 0. The Morgan fingerprint density at radius 1 is 0.344 bits per heavy atom. The van der Waals surface area contributed by atoms with Gasteiger partial charge in [0.2, 0.25) is 0 Å². The zero-order valence-corrected chi connectivity index (χ0v) is 39.6. The summed E-state index contributed by atoms with van der Waals surface area (Å²) in [5, 5.41) is 13.3. The van der Waals surface area contributed by atoms with E-state index in [2.05, 4.69) is 222 Å². The fourth-order valence-electron chi connectivity index (χ4n) is 12.2. The Morgan fingerprint density at radius 2 is 0.625 bits per heavy atom. The molecule has 0 saturated carbocycles. The maximum atomic E-state index is 2.62. The molecule has 12 rings (SSSR count). The number of nitrogens with zero attached hydrogens (tertiary/aromatic N) is 1. The van der Waals surface area contributed by atoms with E-state index < -0.39 is 10.8 Å². The highest BCUT2D eigenvalue weighted by molar-refractivity contribution is 6.52. The van der Waals surface area contributed by atoms with Crippen molar-refractivity contribution in [2.45, 2.75) is 58.5 Å². The van der Waals surface area contributed by atoms with Gasteiger partial charge in [0, 0.05) is 27.6 Å². The van der Waals surface area contributed by atoms with Gasteiger partial charge >= 0.3 is 0 Å². The minimum Gasteiger partial charge on any atom is -0.310 e. The monoisotopic (exact) mass is 851 g/mol. The highest BCUT2D eigenvalue weighted by Crippen LogP contribution is 2.69. The second-order valence-electron chi connectivity index (χ2n) is 18.5. The zero-order chi connectivity index (χ0) is 43.6. The minimum absolute atomic E-state index is 0.478. The van der Waals surface area contributed by atoms with Gasteiger partial charge < -0.3 is 4.90 Å². The molecule has 306 valence electrons. The molecule has 4 radical (unpaired) electrons. The van der Waals surface area contributed by atoms with Crippen LogP contribution in [-0.4, -0.2) is 19.0 Å². The average molecular weight is 852 g/mol. The molecule has 0 amide bonds. The van der Waals surface area contributed by atoms with Crippen molar-refractivity contribution in [1.29, 1.82) is 0 Å². The van der Waals surface area contributed by atoms with Crippen LogP contribution in [-0.2, 0) is 10.8 Å². The van der Waals surface area contributed by atoms with Crippen molar-refractivity contribution in [2.24, 2.45) is 0 Å². The molecule has 0 aliphatic heterocycles. The Balaban J connectivity index is 1.27. The maximum Gasteiger partial charge on any atom is 0.0773 e. The molecule has 1 atom stereocenters. The Kier molecular flexibility index (Phi) is 8.70. The Hall–Kier alpha value is -6.53. The SMILES string of the molecule is C[Si]c1ccc(N(c2ccc([Si]C)cc2)c2cc3c(c4ccccc24)-c2c(cc(C)c4ccccc24)C3(C)C2(C)c3cc(C)c4ccccc4c3-c3c2cc(C)c2ccccc32)cc1. The number of fused-ring (bicyclic) bond motifs is 14. The molecule has 1 nitrogen and oxygen atoms in total. The molecule has 0 heterocycles. The maximum absolute atomic E-state index is 2.62. The van der Waals surface area contributed by atoms with Crippen LogP contribution in [0.15, 0.2) is 170 Å². The van der Waals surface area contributed by atoms with E-state index in [1.165, 1.54) is 132 Å². The molecule has 0 aromatic heterocycles. The second-order valence-corrected chi connectivity index (χ2v) is 20.7. The van der Waals surface area contributed by atoms with E-state index in [9.17, 15) is 0 Å². The normalized spacial score (nSPS) is 15.7. The fourth-order valence-corrected chi connectivity index (χ4v) is 13.2. The summed E-state index contributed by atoms with van der Waals surface area (Å²) >= 11 is 0. The van der Waals surface area contributed by atoms with E-state index in [1.54, 1.807) is 0 Å². The Morgan fingerprint density at radius 3 is 0.953 bits per heavy atom. The van der Waals surface area contributed by atoms with E-state index in [0.29, 0.717) is 0 Å². The van der Waals surface area contributed by atoms with Crippen molar-refractivity contribution >= 4 is 89.6 Å². The number of anilines is 3. The lowest BCUT2D eigenvalue weighted by molar-refractivity contribution is 0.376. The van der Waals surface area contributed by atoms with Crippen LogP contribution in [0.25, 0.3) is 65.3 Å². The summed E-state index contributed by atoms with van der Waals surface area (Å²) in [6, 6.07) is 65.6. The molecule has 1 unspecified atom stereocenters. The summed E-state index contributed by atoms with van der Waals surface area (Å²) in [5.74, 6) is 0. The van der Waals surface area contributed by atoms with Gasteiger partial charge in [0.15, 0.2) is 0 Å². The fraction of sp³-hybridized carbons (Fsp3) is 0.148. The van der Waals surface area contributed by atoms with Crippen molar-refractivity contribution < 1.29 is 0 Å². The van der Waals surface area contributed by atoms with Gasteiger partial charge in [-0.3, -0.25) is 0 Å². The van der Waals surface area contributed by atoms with Crippen LogP contribution in [0.3, 0.4) is 0 Å². The van der Waals surface area contributed by atoms with Crippen molar-refractivity contribution in [3.05, 3.63) is 209 Å². The summed E-state index contributed by atoms with van der Waals surface area (Å²) < 4.78 is 0. The van der Waals surface area contributed by atoms with Gasteiger partial charge in [0.1, 0.15) is 0 Å². The van der Waals surface area contributed by atoms with E-state index in [1.807, 2.05) is 0 Å². The van der Waals surface area contributed by atoms with Crippen molar-refractivity contribution in [2.75, 3.05) is 4.90 Å². The topological polar surface area (TPSA) is 3.24 Å². The van der Waals surface area contributed by atoms with Gasteiger partial charge in [-0.05, 0) is 150 Å². The third-order valence-electron chi connectivity index (χ3n) is 15.5. The number of rotatable bonds is 6. The Labute approximate surface area is 382 Å². The summed E-state index contributed by atoms with van der Waals surface area (Å²) in [6.45, 7) is 16.7. The smallest absolute Gasteiger partial charge is 0.0773 e. The van der Waals surface area contributed by atoms with E-state index in [-0.39, 0.29) is 0 Å². The predicted octanol–water partition coefficient (Wildman–Crippen LogP) is 14.7. The first-order chi connectivity index (χ1) is 31.2. The number of benzene rings is 10. The lowest BCUT2D eigenvalue weighted by Crippen LogP contribution is -2.44.